The van der Waals surface area contributed by atoms with E-state index in [1.165, 1.54) is 17.7 Å². The maximum atomic E-state index is 13.0. The Morgan fingerprint density at radius 1 is 1.06 bits per heavy atom. The van der Waals surface area contributed by atoms with E-state index in [4.69, 9.17) is 0 Å². The third-order valence-corrected chi connectivity index (χ3v) is 6.38. The number of benzene rings is 2. The molecule has 2 aliphatic heterocycles. The van der Waals surface area contributed by atoms with Gasteiger partial charge in [-0.3, -0.25) is 9.69 Å². The van der Waals surface area contributed by atoms with Gasteiger partial charge in [-0.05, 0) is 49.1 Å². The average Bonchev–Trinajstić information content (AvgIpc) is 3.20. The Labute approximate surface area is 181 Å². The number of carbonyl (C=O) groups is 1. The fourth-order valence-electron chi connectivity index (χ4n) is 4.52. The summed E-state index contributed by atoms with van der Waals surface area (Å²) in [6.45, 7) is 5.27. The van der Waals surface area contributed by atoms with Crippen LogP contribution in [0.15, 0.2) is 48.5 Å². The number of amides is 1. The summed E-state index contributed by atoms with van der Waals surface area (Å²) in [5.41, 5.74) is 2.44. The standard InChI is InChI=1S/C24H28F3N3O/c1-17(15-18-5-7-19(8-6-18)22-9-10-23(31)28-22)29-11-13-30(14-12-29)21-4-2-3-20(16-21)24(25,26)27/h2-8,16-17,22H,9-15H2,1H3,(H,28,31). The van der Waals surface area contributed by atoms with Crippen LogP contribution < -0.4 is 10.2 Å². The van der Waals surface area contributed by atoms with Crippen molar-refractivity contribution in [3.05, 3.63) is 65.2 Å². The van der Waals surface area contributed by atoms with Gasteiger partial charge in [0.05, 0.1) is 11.6 Å². The molecule has 2 aromatic rings. The van der Waals surface area contributed by atoms with Gasteiger partial charge in [-0.25, -0.2) is 0 Å². The molecule has 0 bridgehead atoms. The van der Waals surface area contributed by atoms with Crippen molar-refractivity contribution in [1.82, 2.24) is 10.2 Å². The number of alkyl halides is 3. The zero-order valence-corrected chi connectivity index (χ0v) is 17.7. The number of nitrogens with zero attached hydrogens (tertiary/aromatic N) is 2. The van der Waals surface area contributed by atoms with Crippen LogP contribution in [0.4, 0.5) is 18.9 Å². The molecule has 2 unspecified atom stereocenters. The number of piperazine rings is 1. The summed E-state index contributed by atoms with van der Waals surface area (Å²) in [5.74, 6) is 0.118. The number of hydrogen-bond acceptors (Lipinski definition) is 3. The monoisotopic (exact) mass is 431 g/mol. The lowest BCUT2D eigenvalue weighted by atomic mass is 10.00. The summed E-state index contributed by atoms with van der Waals surface area (Å²) in [5, 5.41) is 3.00. The van der Waals surface area contributed by atoms with Crippen LogP contribution in [0, 0.1) is 0 Å². The first-order chi connectivity index (χ1) is 14.8. The van der Waals surface area contributed by atoms with E-state index in [2.05, 4.69) is 41.4 Å². The second-order valence-corrected chi connectivity index (χ2v) is 8.52. The highest BCUT2D eigenvalue weighted by Gasteiger charge is 2.31. The Bertz CT molecular complexity index is 905. The lowest BCUT2D eigenvalue weighted by Crippen LogP contribution is -2.50. The average molecular weight is 432 g/mol. The van der Waals surface area contributed by atoms with Gasteiger partial charge in [-0.1, -0.05) is 30.3 Å². The van der Waals surface area contributed by atoms with E-state index in [9.17, 15) is 18.0 Å². The molecule has 2 saturated heterocycles. The zero-order chi connectivity index (χ0) is 22.0. The van der Waals surface area contributed by atoms with Gasteiger partial charge >= 0.3 is 6.18 Å². The van der Waals surface area contributed by atoms with Crippen LogP contribution >= 0.6 is 0 Å². The van der Waals surface area contributed by atoms with Gasteiger partial charge in [-0.15, -0.1) is 0 Å². The number of anilines is 1. The van der Waals surface area contributed by atoms with Crippen molar-refractivity contribution in [2.45, 2.75) is 44.4 Å². The molecule has 0 radical (unpaired) electrons. The molecule has 0 saturated carbocycles. The molecule has 2 heterocycles. The van der Waals surface area contributed by atoms with Gasteiger partial charge in [0.1, 0.15) is 0 Å². The predicted octanol–water partition coefficient (Wildman–Crippen LogP) is 4.41. The maximum absolute atomic E-state index is 13.0. The number of carbonyl (C=O) groups excluding carboxylic acids is 1. The molecule has 2 aliphatic rings. The van der Waals surface area contributed by atoms with E-state index in [1.54, 1.807) is 6.07 Å². The van der Waals surface area contributed by atoms with Crippen molar-refractivity contribution in [2.24, 2.45) is 0 Å². The highest BCUT2D eigenvalue weighted by Crippen LogP contribution is 2.32. The predicted molar refractivity (Wildman–Crippen MR) is 115 cm³/mol. The van der Waals surface area contributed by atoms with Crippen molar-refractivity contribution < 1.29 is 18.0 Å². The fourth-order valence-corrected chi connectivity index (χ4v) is 4.52. The molecular weight excluding hydrogens is 403 g/mol. The normalized spacial score (nSPS) is 21.2. The van der Waals surface area contributed by atoms with Gasteiger partial charge in [0.15, 0.2) is 0 Å². The Morgan fingerprint density at radius 2 is 1.77 bits per heavy atom. The molecule has 4 nitrogen and oxygen atoms in total. The fraction of sp³-hybridized carbons (Fsp3) is 0.458. The van der Waals surface area contributed by atoms with Crippen LogP contribution in [0.5, 0.6) is 0 Å². The van der Waals surface area contributed by atoms with Gasteiger partial charge in [-0.2, -0.15) is 13.2 Å². The first-order valence-electron chi connectivity index (χ1n) is 10.8. The second-order valence-electron chi connectivity index (χ2n) is 8.52. The van der Waals surface area contributed by atoms with Crippen LogP contribution in [0.1, 0.15) is 42.5 Å². The van der Waals surface area contributed by atoms with E-state index in [0.29, 0.717) is 31.2 Å². The van der Waals surface area contributed by atoms with Crippen molar-refractivity contribution >= 4 is 11.6 Å². The summed E-state index contributed by atoms with van der Waals surface area (Å²) >= 11 is 0. The Hall–Kier alpha value is -2.54. The topological polar surface area (TPSA) is 35.6 Å². The lowest BCUT2D eigenvalue weighted by Gasteiger charge is -2.39. The molecular formula is C24H28F3N3O. The van der Waals surface area contributed by atoms with E-state index >= 15 is 0 Å². The van der Waals surface area contributed by atoms with Crippen molar-refractivity contribution in [2.75, 3.05) is 31.1 Å². The van der Waals surface area contributed by atoms with E-state index in [-0.39, 0.29) is 11.9 Å². The number of nitrogens with one attached hydrogen (secondary N) is 1. The molecule has 0 aliphatic carbocycles. The van der Waals surface area contributed by atoms with Crippen molar-refractivity contribution in [3.63, 3.8) is 0 Å². The number of rotatable bonds is 5. The molecule has 2 aromatic carbocycles. The smallest absolute Gasteiger partial charge is 0.369 e. The molecule has 0 aromatic heterocycles. The molecule has 2 fully saturated rings. The van der Waals surface area contributed by atoms with E-state index in [0.717, 1.165) is 37.6 Å². The summed E-state index contributed by atoms with van der Waals surface area (Å²) in [7, 11) is 0. The third kappa shape index (κ3) is 5.21. The molecule has 4 rings (SSSR count). The first-order valence-corrected chi connectivity index (χ1v) is 10.8. The Kier molecular flexibility index (Phi) is 6.23. The molecule has 1 amide bonds. The number of halogens is 3. The van der Waals surface area contributed by atoms with E-state index in [1.807, 2.05) is 4.90 Å². The third-order valence-electron chi connectivity index (χ3n) is 6.38. The minimum absolute atomic E-state index is 0.118. The van der Waals surface area contributed by atoms with Crippen LogP contribution in [-0.2, 0) is 17.4 Å². The zero-order valence-electron chi connectivity index (χ0n) is 17.7. The maximum Gasteiger partial charge on any atom is 0.416 e. The highest BCUT2D eigenvalue weighted by molar-refractivity contribution is 5.78. The Balaban J connectivity index is 1.30. The minimum atomic E-state index is -4.31. The lowest BCUT2D eigenvalue weighted by molar-refractivity contribution is -0.137. The summed E-state index contributed by atoms with van der Waals surface area (Å²) in [6.07, 6.45) is -1.95. The number of hydrogen-bond donors (Lipinski definition) is 1. The highest BCUT2D eigenvalue weighted by atomic mass is 19.4. The van der Waals surface area contributed by atoms with E-state index < -0.39 is 11.7 Å². The quantitative estimate of drug-likeness (QED) is 0.762. The van der Waals surface area contributed by atoms with Gasteiger partial charge in [0.2, 0.25) is 5.91 Å². The molecule has 2 atom stereocenters. The van der Waals surface area contributed by atoms with Crippen LogP contribution in [-0.4, -0.2) is 43.0 Å². The second kappa shape index (κ2) is 8.91. The summed E-state index contributed by atoms with van der Waals surface area (Å²) < 4.78 is 39.0. The summed E-state index contributed by atoms with van der Waals surface area (Å²) in [6, 6.07) is 14.5. The molecule has 31 heavy (non-hydrogen) atoms. The summed E-state index contributed by atoms with van der Waals surface area (Å²) in [4.78, 5) is 15.8. The SMILES string of the molecule is CC(Cc1ccc(C2CCC(=O)N2)cc1)N1CCN(c2cccc(C(F)(F)F)c2)CC1. The Morgan fingerprint density at radius 3 is 2.39 bits per heavy atom. The van der Waals surface area contributed by atoms with Crippen LogP contribution in [0.3, 0.4) is 0 Å². The molecule has 0 spiro atoms. The largest absolute Gasteiger partial charge is 0.416 e. The van der Waals surface area contributed by atoms with Gasteiger partial charge in [0.25, 0.3) is 0 Å². The molecule has 1 N–H and O–H groups in total. The first kappa shape index (κ1) is 21.7. The minimum Gasteiger partial charge on any atom is -0.369 e. The van der Waals surface area contributed by atoms with Gasteiger partial charge in [0, 0.05) is 44.3 Å². The van der Waals surface area contributed by atoms with Crippen molar-refractivity contribution in [3.8, 4) is 0 Å². The molecule has 166 valence electrons. The molecule has 7 heteroatoms. The van der Waals surface area contributed by atoms with Crippen molar-refractivity contribution in [1.29, 1.82) is 0 Å². The van der Waals surface area contributed by atoms with Crippen LogP contribution in [0.25, 0.3) is 0 Å². The van der Waals surface area contributed by atoms with Crippen LogP contribution in [0.2, 0.25) is 0 Å². The van der Waals surface area contributed by atoms with Gasteiger partial charge < -0.3 is 10.2 Å².